The fourth-order valence-electron chi connectivity index (χ4n) is 2.71. The summed E-state index contributed by atoms with van der Waals surface area (Å²) in [5.74, 6) is 0. The van der Waals surface area contributed by atoms with Crippen LogP contribution >= 0.6 is 11.6 Å². The van der Waals surface area contributed by atoms with Gasteiger partial charge in [-0.25, -0.2) is 4.79 Å². The summed E-state index contributed by atoms with van der Waals surface area (Å²) in [6, 6.07) is 7.69. The Morgan fingerprint density at radius 2 is 2.20 bits per heavy atom. The van der Waals surface area contributed by atoms with Gasteiger partial charge in [-0.05, 0) is 43.5 Å². The molecule has 25 heavy (non-hydrogen) atoms. The monoisotopic (exact) mass is 360 g/mol. The Balaban J connectivity index is 1.80. The number of anilines is 1. The number of aromatic nitrogens is 1. The molecule has 0 bridgehead atoms. The van der Waals surface area contributed by atoms with E-state index in [4.69, 9.17) is 11.6 Å². The number of nitro benzene ring substituents is 1. The second-order valence-corrected chi connectivity index (χ2v) is 6.36. The third kappa shape index (κ3) is 3.88. The Morgan fingerprint density at radius 3 is 2.80 bits per heavy atom. The fourth-order valence-corrected chi connectivity index (χ4v) is 2.90. The van der Waals surface area contributed by atoms with Crippen LogP contribution in [0.15, 0.2) is 42.7 Å². The van der Waals surface area contributed by atoms with Crippen molar-refractivity contribution in [1.82, 2.24) is 9.88 Å². The Bertz CT molecular complexity index is 796. The van der Waals surface area contributed by atoms with Gasteiger partial charge in [0, 0.05) is 30.2 Å². The van der Waals surface area contributed by atoms with Gasteiger partial charge in [0.05, 0.1) is 11.0 Å². The van der Waals surface area contributed by atoms with Crippen molar-refractivity contribution in [2.45, 2.75) is 31.8 Å². The van der Waals surface area contributed by atoms with Crippen LogP contribution in [0.1, 0.15) is 31.4 Å². The molecule has 0 unspecified atom stereocenters. The molecule has 7 nitrogen and oxygen atoms in total. The molecular weight excluding hydrogens is 344 g/mol. The van der Waals surface area contributed by atoms with Crippen LogP contribution in [0.5, 0.6) is 0 Å². The number of nitrogens with zero attached hydrogens (tertiary/aromatic N) is 3. The SMILES string of the molecule is C[C@@H](c1cccnc1)N(C(=O)Nc1ccc(Cl)c([N+](=O)[O-])c1)C1CC1. The molecule has 1 N–H and O–H groups in total. The Labute approximate surface area is 149 Å². The van der Waals surface area contributed by atoms with Gasteiger partial charge in [0.1, 0.15) is 5.02 Å². The molecule has 1 aromatic carbocycles. The maximum atomic E-state index is 12.8. The molecule has 1 aliphatic carbocycles. The minimum Gasteiger partial charge on any atom is -0.315 e. The first-order valence-corrected chi connectivity index (χ1v) is 8.28. The summed E-state index contributed by atoms with van der Waals surface area (Å²) in [6.45, 7) is 1.94. The third-order valence-electron chi connectivity index (χ3n) is 4.15. The summed E-state index contributed by atoms with van der Waals surface area (Å²) >= 11 is 5.81. The highest BCUT2D eigenvalue weighted by atomic mass is 35.5. The lowest BCUT2D eigenvalue weighted by Crippen LogP contribution is -2.38. The second-order valence-electron chi connectivity index (χ2n) is 5.95. The molecular formula is C17H17ClN4O3. The number of halogens is 1. The summed E-state index contributed by atoms with van der Waals surface area (Å²) in [7, 11) is 0. The molecule has 1 saturated carbocycles. The van der Waals surface area contributed by atoms with Crippen LogP contribution in [-0.4, -0.2) is 26.9 Å². The van der Waals surface area contributed by atoms with Crippen molar-refractivity contribution in [3.8, 4) is 0 Å². The zero-order chi connectivity index (χ0) is 18.0. The van der Waals surface area contributed by atoms with E-state index in [-0.39, 0.29) is 28.8 Å². The first-order chi connectivity index (χ1) is 12.0. The van der Waals surface area contributed by atoms with Crippen LogP contribution in [0.3, 0.4) is 0 Å². The highest BCUT2D eigenvalue weighted by Gasteiger charge is 2.36. The lowest BCUT2D eigenvalue weighted by Gasteiger charge is -2.29. The normalized spacial score (nSPS) is 14.6. The second kappa shape index (κ2) is 7.06. The molecule has 8 heteroatoms. The summed E-state index contributed by atoms with van der Waals surface area (Å²) in [5.41, 5.74) is 1.04. The molecule has 130 valence electrons. The topological polar surface area (TPSA) is 88.4 Å². The number of hydrogen-bond donors (Lipinski definition) is 1. The van der Waals surface area contributed by atoms with Crippen LogP contribution in [0.2, 0.25) is 5.02 Å². The van der Waals surface area contributed by atoms with E-state index < -0.39 is 4.92 Å². The standard InChI is InChI=1S/C17H17ClN4O3/c1-11(12-3-2-8-19-10-12)21(14-5-6-14)17(23)20-13-4-7-15(18)16(9-13)22(24)25/h2-4,7-11,14H,5-6H2,1H3,(H,20,23)/t11-/m0/s1. The van der Waals surface area contributed by atoms with E-state index >= 15 is 0 Å². The summed E-state index contributed by atoms with van der Waals surface area (Å²) in [5, 5.41) is 13.8. The van der Waals surface area contributed by atoms with Crippen molar-refractivity contribution < 1.29 is 9.72 Å². The molecule has 1 fully saturated rings. The van der Waals surface area contributed by atoms with Crippen LogP contribution in [0, 0.1) is 10.1 Å². The van der Waals surface area contributed by atoms with E-state index in [9.17, 15) is 14.9 Å². The smallest absolute Gasteiger partial charge is 0.315 e. The minimum atomic E-state index is -0.574. The summed E-state index contributed by atoms with van der Waals surface area (Å²) in [4.78, 5) is 29.1. The van der Waals surface area contributed by atoms with E-state index in [1.54, 1.807) is 23.4 Å². The number of nitrogens with one attached hydrogen (secondary N) is 1. The lowest BCUT2D eigenvalue weighted by atomic mass is 10.1. The van der Waals surface area contributed by atoms with Gasteiger partial charge < -0.3 is 10.2 Å². The van der Waals surface area contributed by atoms with E-state index in [2.05, 4.69) is 10.3 Å². The zero-order valence-electron chi connectivity index (χ0n) is 13.6. The van der Waals surface area contributed by atoms with Gasteiger partial charge in [0.15, 0.2) is 0 Å². The van der Waals surface area contributed by atoms with Gasteiger partial charge in [0.25, 0.3) is 5.69 Å². The molecule has 1 aromatic heterocycles. The highest BCUT2D eigenvalue weighted by Crippen LogP contribution is 2.35. The number of amides is 2. The number of carbonyl (C=O) groups excluding carboxylic acids is 1. The van der Waals surface area contributed by atoms with Crippen LogP contribution in [0.4, 0.5) is 16.2 Å². The van der Waals surface area contributed by atoms with Gasteiger partial charge in [-0.2, -0.15) is 0 Å². The number of benzene rings is 1. The highest BCUT2D eigenvalue weighted by molar-refractivity contribution is 6.32. The number of pyridine rings is 1. The summed E-state index contributed by atoms with van der Waals surface area (Å²) < 4.78 is 0. The molecule has 0 aliphatic heterocycles. The maximum absolute atomic E-state index is 12.8. The fraction of sp³-hybridized carbons (Fsp3) is 0.294. The van der Waals surface area contributed by atoms with Gasteiger partial charge in [-0.3, -0.25) is 15.1 Å². The zero-order valence-corrected chi connectivity index (χ0v) is 14.3. The molecule has 0 spiro atoms. The Hall–Kier alpha value is -2.67. The quantitative estimate of drug-likeness (QED) is 0.632. The number of rotatable bonds is 5. The van der Waals surface area contributed by atoms with E-state index in [0.29, 0.717) is 5.69 Å². The molecule has 2 aromatic rings. The Morgan fingerprint density at radius 1 is 1.44 bits per heavy atom. The maximum Gasteiger partial charge on any atom is 0.322 e. The predicted octanol–water partition coefficient (Wildman–Crippen LogP) is 4.40. The van der Waals surface area contributed by atoms with Crippen molar-refractivity contribution in [3.05, 3.63) is 63.4 Å². The van der Waals surface area contributed by atoms with Crippen LogP contribution in [0.25, 0.3) is 0 Å². The first-order valence-electron chi connectivity index (χ1n) is 7.90. The van der Waals surface area contributed by atoms with E-state index in [1.807, 2.05) is 19.1 Å². The number of carbonyl (C=O) groups is 1. The van der Waals surface area contributed by atoms with Gasteiger partial charge >= 0.3 is 6.03 Å². The molecule has 1 aliphatic rings. The Kier molecular flexibility index (Phi) is 4.85. The number of hydrogen-bond acceptors (Lipinski definition) is 4. The van der Waals surface area contributed by atoms with E-state index in [1.165, 1.54) is 12.1 Å². The van der Waals surface area contributed by atoms with Crippen molar-refractivity contribution in [1.29, 1.82) is 0 Å². The summed E-state index contributed by atoms with van der Waals surface area (Å²) in [6.07, 6.45) is 5.31. The van der Waals surface area contributed by atoms with Gasteiger partial charge in [0.2, 0.25) is 0 Å². The minimum absolute atomic E-state index is 0.0331. The van der Waals surface area contributed by atoms with Crippen molar-refractivity contribution in [2.75, 3.05) is 5.32 Å². The first kappa shape index (κ1) is 17.2. The third-order valence-corrected chi connectivity index (χ3v) is 4.47. The molecule has 2 amide bonds. The van der Waals surface area contributed by atoms with Crippen molar-refractivity contribution >= 4 is 29.0 Å². The van der Waals surface area contributed by atoms with Crippen LogP contribution in [-0.2, 0) is 0 Å². The van der Waals surface area contributed by atoms with Gasteiger partial charge in [-0.1, -0.05) is 17.7 Å². The number of nitro groups is 1. The molecule has 0 radical (unpaired) electrons. The largest absolute Gasteiger partial charge is 0.322 e. The molecule has 0 saturated heterocycles. The van der Waals surface area contributed by atoms with E-state index in [0.717, 1.165) is 18.4 Å². The van der Waals surface area contributed by atoms with Crippen molar-refractivity contribution in [2.24, 2.45) is 0 Å². The predicted molar refractivity (Wildman–Crippen MR) is 94.6 cm³/mol. The average molecular weight is 361 g/mol. The van der Waals surface area contributed by atoms with Gasteiger partial charge in [-0.15, -0.1) is 0 Å². The number of urea groups is 1. The lowest BCUT2D eigenvalue weighted by molar-refractivity contribution is -0.384. The average Bonchev–Trinajstić information content (AvgIpc) is 3.42. The molecule has 3 rings (SSSR count). The molecule has 1 atom stereocenters. The van der Waals surface area contributed by atoms with Crippen LogP contribution < -0.4 is 5.32 Å². The molecule has 1 heterocycles. The van der Waals surface area contributed by atoms with Crippen molar-refractivity contribution in [3.63, 3.8) is 0 Å².